The van der Waals surface area contributed by atoms with Crippen molar-refractivity contribution in [2.75, 3.05) is 9.80 Å². The SMILES string of the molecule is C/C=C\I=C(C)n1c2c(c3cc(N(c4ccc(Oc5ccccc5)cc4)c4ccc(-c5ccc(N(c6ccc7oc8ccccc8c7c6)c6ccc7c(c6)c6ccccc6n7C6=CC=CCC6)cc5)cc4)ccc31)CCC=C2. The summed E-state index contributed by atoms with van der Waals surface area (Å²) >= 11 is -0.239. The first-order valence-electron chi connectivity index (χ1n) is 26.9. The first kappa shape index (κ1) is 47.5. The largest absolute Gasteiger partial charge is 0.457 e. The van der Waals surface area contributed by atoms with Crippen LogP contribution in [0.1, 0.15) is 44.4 Å². The van der Waals surface area contributed by atoms with Gasteiger partial charge < -0.3 is 28.1 Å². The van der Waals surface area contributed by atoms with Gasteiger partial charge in [-0.1, -0.05) is 124 Å². The van der Waals surface area contributed by atoms with Crippen LogP contribution in [0.3, 0.4) is 0 Å². The molecule has 0 bridgehead atoms. The Balaban J connectivity index is 0.846. The average molecular weight is 1120 g/mol. The number of hydrogen-bond donors (Lipinski definition) is 0. The summed E-state index contributed by atoms with van der Waals surface area (Å²) in [4.78, 5) is 4.76. The Kier molecular flexibility index (Phi) is 12.3. The summed E-state index contributed by atoms with van der Waals surface area (Å²) in [5.74, 6) is 1.60. The minimum atomic E-state index is -0.239. The number of hydrogen-bond acceptors (Lipinski definition) is 4. The number of nitrogens with zero attached hydrogens (tertiary/aromatic N) is 4. The van der Waals surface area contributed by atoms with E-state index in [9.17, 15) is 0 Å². The van der Waals surface area contributed by atoms with E-state index >= 15 is 0 Å². The van der Waals surface area contributed by atoms with E-state index in [2.05, 4.69) is 237 Å². The van der Waals surface area contributed by atoms with Crippen molar-refractivity contribution in [1.29, 1.82) is 0 Å². The van der Waals surface area contributed by atoms with E-state index in [0.717, 1.165) is 104 Å². The van der Waals surface area contributed by atoms with Gasteiger partial charge in [0.25, 0.3) is 0 Å². The van der Waals surface area contributed by atoms with Gasteiger partial charge in [0.15, 0.2) is 0 Å². The minimum absolute atomic E-state index is 0.239. The van der Waals surface area contributed by atoms with Crippen molar-refractivity contribution in [2.24, 2.45) is 0 Å². The zero-order valence-corrected chi connectivity index (χ0v) is 45.6. The lowest BCUT2D eigenvalue weighted by molar-refractivity contribution is 0.483. The highest BCUT2D eigenvalue weighted by atomic mass is 127. The second-order valence-corrected chi connectivity index (χ2v) is 22.9. The highest BCUT2D eigenvalue weighted by molar-refractivity contribution is 14.2. The summed E-state index contributed by atoms with van der Waals surface area (Å²) < 4.78 is 21.4. The fraction of sp³-hybridized carbons (Fsp3) is 0.0845. The Morgan fingerprint density at radius 1 is 0.513 bits per heavy atom. The number of aromatic nitrogens is 2. The van der Waals surface area contributed by atoms with Crippen molar-refractivity contribution in [3.05, 3.63) is 252 Å². The maximum atomic E-state index is 6.34. The van der Waals surface area contributed by atoms with Crippen molar-refractivity contribution < 1.29 is 9.15 Å². The van der Waals surface area contributed by atoms with Crippen LogP contribution in [0.4, 0.5) is 34.1 Å². The second-order valence-electron chi connectivity index (χ2n) is 20.0. The Morgan fingerprint density at radius 3 is 1.79 bits per heavy atom. The molecule has 0 saturated heterocycles. The molecule has 0 atom stereocenters. The molecule has 2 aliphatic rings. The molecule has 378 valence electrons. The molecule has 0 saturated carbocycles. The van der Waals surface area contributed by atoms with Gasteiger partial charge in [-0.15, -0.1) is 0 Å². The standard InChI is InChI=1S/C71H55IN4O2/c1-3-44-72-48(2)73-66-23-13-10-20-60(66)63-45-55(36-41-68(63)73)74(54-34-39-59(40-35-54)77-58-18-8-5-9-19-58)52-30-26-49(27-31-52)50-28-32-53(33-29-50)75(57-38-43-71-65(47-57)62-22-12-15-25-70(62)78-71)56-37-42-69-64(46-56)61-21-11-14-24-67(61)76(69)51-16-6-4-7-17-51/h3-6,8-9,11-16,18-19,21-47H,7,10,17,20H2,1-2H3/b44-3-. The third kappa shape index (κ3) is 8.55. The van der Waals surface area contributed by atoms with Gasteiger partial charge in [-0.25, -0.2) is 0 Å². The third-order valence-electron chi connectivity index (χ3n) is 15.3. The quantitative estimate of drug-likeness (QED) is 0.114. The highest BCUT2D eigenvalue weighted by Gasteiger charge is 2.23. The van der Waals surface area contributed by atoms with Crippen molar-refractivity contribution >= 4 is 125 Å². The first-order chi connectivity index (χ1) is 38.5. The number of furan rings is 1. The molecule has 0 aliphatic heterocycles. The number of ether oxygens (including phenoxy) is 1. The van der Waals surface area contributed by atoms with E-state index in [-0.39, 0.29) is 20.7 Å². The van der Waals surface area contributed by atoms with Crippen LogP contribution in [0.2, 0.25) is 0 Å². The lowest BCUT2D eigenvalue weighted by Crippen LogP contribution is -2.10. The molecule has 0 unspecified atom stereocenters. The van der Waals surface area contributed by atoms with Gasteiger partial charge in [0, 0.05) is 72.4 Å². The van der Waals surface area contributed by atoms with Crippen LogP contribution in [0, 0.1) is 0 Å². The number of rotatable bonds is 12. The summed E-state index contributed by atoms with van der Waals surface area (Å²) in [6.07, 6.45) is 17.7. The Hall–Kier alpha value is -8.92. The number of allylic oxidation sites excluding steroid dienone is 6. The van der Waals surface area contributed by atoms with E-state index in [1.54, 1.807) is 0 Å². The van der Waals surface area contributed by atoms with E-state index in [0.29, 0.717) is 0 Å². The molecule has 14 rings (SSSR count). The van der Waals surface area contributed by atoms with Crippen LogP contribution in [0.25, 0.3) is 77.5 Å². The summed E-state index contributed by atoms with van der Waals surface area (Å²) in [5.41, 5.74) is 18.3. The van der Waals surface area contributed by atoms with Crippen molar-refractivity contribution in [1.82, 2.24) is 9.13 Å². The van der Waals surface area contributed by atoms with Crippen molar-refractivity contribution in [3.8, 4) is 22.6 Å². The van der Waals surface area contributed by atoms with Gasteiger partial charge >= 0.3 is 0 Å². The summed E-state index contributed by atoms with van der Waals surface area (Å²) in [6, 6.07) is 74.2. The minimum Gasteiger partial charge on any atom is -0.457 e. The Morgan fingerprint density at radius 2 is 1.08 bits per heavy atom. The summed E-state index contributed by atoms with van der Waals surface area (Å²) in [7, 11) is 0. The molecule has 0 radical (unpaired) electrons. The van der Waals surface area contributed by atoms with E-state index in [1.807, 2.05) is 42.5 Å². The van der Waals surface area contributed by atoms with E-state index in [4.69, 9.17) is 9.15 Å². The Labute approximate surface area is 464 Å². The number of benzene rings is 9. The zero-order valence-electron chi connectivity index (χ0n) is 43.5. The van der Waals surface area contributed by atoms with Crippen LogP contribution in [0.5, 0.6) is 11.5 Å². The van der Waals surface area contributed by atoms with Crippen molar-refractivity contribution in [2.45, 2.75) is 39.5 Å². The number of aryl methyl sites for hydroxylation is 1. The molecule has 6 nitrogen and oxygen atoms in total. The molecule has 0 amide bonds. The molecule has 9 aromatic carbocycles. The maximum absolute atomic E-state index is 6.34. The lowest BCUT2D eigenvalue weighted by atomic mass is 10.00. The molecule has 0 fully saturated rings. The zero-order chi connectivity index (χ0) is 52.1. The van der Waals surface area contributed by atoms with Crippen LogP contribution in [-0.4, -0.2) is 12.8 Å². The molecular weight excluding hydrogens is 1070 g/mol. The molecule has 3 aromatic heterocycles. The van der Waals surface area contributed by atoms with Gasteiger partial charge in [-0.3, -0.25) is 0 Å². The molecule has 78 heavy (non-hydrogen) atoms. The smallest absolute Gasteiger partial charge is 0.135 e. The first-order valence-corrected chi connectivity index (χ1v) is 29.2. The van der Waals surface area contributed by atoms with Gasteiger partial charge in [0.1, 0.15) is 22.7 Å². The normalized spacial score (nSPS) is 13.7. The van der Waals surface area contributed by atoms with Crippen LogP contribution in [0.15, 0.2) is 245 Å². The molecule has 7 heteroatoms. The number of para-hydroxylation sites is 3. The molecule has 2 aliphatic carbocycles. The maximum Gasteiger partial charge on any atom is 0.135 e. The van der Waals surface area contributed by atoms with Crippen LogP contribution >= 0.6 is 20.7 Å². The lowest BCUT2D eigenvalue weighted by Gasteiger charge is -2.27. The predicted molar refractivity (Wildman–Crippen MR) is 338 cm³/mol. The number of anilines is 6. The van der Waals surface area contributed by atoms with E-state index < -0.39 is 0 Å². The summed E-state index contributed by atoms with van der Waals surface area (Å²) in [6.45, 7) is 4.42. The highest BCUT2D eigenvalue weighted by Crippen LogP contribution is 2.45. The number of fused-ring (bicyclic) bond motifs is 9. The van der Waals surface area contributed by atoms with Gasteiger partial charge in [-0.2, -0.15) is 0 Å². The molecular formula is C71H55IN4O2. The van der Waals surface area contributed by atoms with Crippen LogP contribution < -0.4 is 14.5 Å². The fourth-order valence-corrected chi connectivity index (χ4v) is 13.4. The second kappa shape index (κ2) is 20.2. The average Bonchev–Trinajstić information content (AvgIpc) is 4.31. The predicted octanol–water partition coefficient (Wildman–Crippen LogP) is 20.7. The molecule has 0 N–H and O–H groups in total. The third-order valence-corrected chi connectivity index (χ3v) is 17.8. The monoisotopic (exact) mass is 1120 g/mol. The Bertz CT molecular complexity index is 4420. The van der Waals surface area contributed by atoms with Gasteiger partial charge in [-0.05, 0) is 200 Å². The number of halogens is 1. The fourth-order valence-electron chi connectivity index (χ4n) is 11.7. The molecule has 0 spiro atoms. The van der Waals surface area contributed by atoms with Crippen molar-refractivity contribution in [3.63, 3.8) is 0 Å². The molecule has 3 heterocycles. The summed E-state index contributed by atoms with van der Waals surface area (Å²) in [5, 5.41) is 5.99. The van der Waals surface area contributed by atoms with Crippen LogP contribution in [-0.2, 0) is 6.42 Å². The van der Waals surface area contributed by atoms with Gasteiger partial charge in [0.05, 0.1) is 20.2 Å². The van der Waals surface area contributed by atoms with Gasteiger partial charge in [0.2, 0.25) is 0 Å². The van der Waals surface area contributed by atoms with E-state index in [1.165, 1.54) is 53.3 Å². The topological polar surface area (TPSA) is 38.7 Å². The molecule has 12 aromatic rings.